The smallest absolute Gasteiger partial charge is 0.0631 e. The molecule has 0 aromatic heterocycles. The molecule has 2 atom stereocenters. The van der Waals surface area contributed by atoms with Crippen LogP contribution in [0.15, 0.2) is 97.1 Å². The lowest BCUT2D eigenvalue weighted by molar-refractivity contribution is 0.0361. The van der Waals surface area contributed by atoms with Gasteiger partial charge < -0.3 is 34.1 Å². The van der Waals surface area contributed by atoms with Crippen LogP contribution in [-0.4, -0.2) is 120 Å². The molecule has 0 bridgehead atoms. The van der Waals surface area contributed by atoms with E-state index >= 15 is 0 Å². The van der Waals surface area contributed by atoms with Crippen LogP contribution in [0.5, 0.6) is 0 Å². The number of anilines is 4. The lowest BCUT2D eigenvalue weighted by Crippen LogP contribution is -2.42. The Morgan fingerprint density at radius 1 is 0.347 bits per heavy atom. The fraction of sp³-hybridized carbons (Fsp3) is 0.429. The van der Waals surface area contributed by atoms with E-state index in [9.17, 15) is 0 Å². The minimum atomic E-state index is 0.121. The first kappa shape index (κ1) is 37.8. The maximum atomic E-state index is 6.86. The van der Waals surface area contributed by atoms with Gasteiger partial charge in [-0.15, -0.1) is 0 Å². The number of likely N-dealkylation sites (N-methyl/N-ethyl adjacent to an activating group) is 2. The fourth-order valence-corrected chi connectivity index (χ4v) is 6.59. The molecule has 2 unspecified atom stereocenters. The summed E-state index contributed by atoms with van der Waals surface area (Å²) in [6.45, 7) is 1.19. The zero-order valence-corrected chi connectivity index (χ0v) is 32.1. The van der Waals surface area contributed by atoms with E-state index in [4.69, 9.17) is 4.74 Å². The zero-order chi connectivity index (χ0) is 35.8. The summed E-state index contributed by atoms with van der Waals surface area (Å²) in [6.07, 6.45) is 0. The van der Waals surface area contributed by atoms with Crippen LogP contribution in [0.1, 0.15) is 34.1 Å². The van der Waals surface area contributed by atoms with Gasteiger partial charge in [-0.1, -0.05) is 48.5 Å². The van der Waals surface area contributed by atoms with Crippen LogP contribution in [-0.2, 0) is 4.74 Å². The molecule has 0 radical (unpaired) electrons. The Morgan fingerprint density at radius 3 is 0.714 bits per heavy atom. The van der Waals surface area contributed by atoms with Gasteiger partial charge in [0.15, 0.2) is 0 Å². The molecule has 0 aliphatic heterocycles. The van der Waals surface area contributed by atoms with Gasteiger partial charge in [0.05, 0.1) is 13.2 Å². The Bertz CT molecular complexity index is 1320. The number of hydrogen-bond donors (Lipinski definition) is 0. The first-order chi connectivity index (χ1) is 23.3. The minimum Gasteiger partial charge on any atom is -0.378 e. The predicted octanol–water partition coefficient (Wildman–Crippen LogP) is 6.79. The summed E-state index contributed by atoms with van der Waals surface area (Å²) in [4.78, 5) is 13.3. The molecule has 0 aliphatic carbocycles. The number of hydrogen-bond acceptors (Lipinski definition) is 7. The minimum absolute atomic E-state index is 0.121. The lowest BCUT2D eigenvalue weighted by atomic mass is 9.84. The molecule has 0 aliphatic rings. The highest BCUT2D eigenvalue weighted by molar-refractivity contribution is 5.52. The van der Waals surface area contributed by atoms with Crippen LogP contribution in [0.2, 0.25) is 0 Å². The molecule has 0 fully saturated rings. The second-order valence-electron chi connectivity index (χ2n) is 14.5. The third-order valence-electron chi connectivity index (χ3n) is 9.75. The molecule has 49 heavy (non-hydrogen) atoms. The topological polar surface area (TPSA) is 28.7 Å². The largest absolute Gasteiger partial charge is 0.378 e. The standard InChI is InChI=1S/C42H60N6O/c1-43(2)35-21-13-31(14-22-35)41(32-15-23-36(24-16-32)44(3)4)39(47(9)10)29-49-30-40(48(11)12)42(33-17-25-37(26-18-33)45(5)6)34-19-27-38(28-20-34)46(7)8/h13-28,39-42H,29-30H2,1-12H3. The first-order valence-corrected chi connectivity index (χ1v) is 17.3. The summed E-state index contributed by atoms with van der Waals surface area (Å²) < 4.78 is 6.86. The van der Waals surface area contributed by atoms with Crippen LogP contribution < -0.4 is 19.6 Å². The SMILES string of the molecule is CN(C)c1ccc(C(c2ccc(N(C)C)cc2)C(COCC(C(c2ccc(N(C)C)cc2)c2ccc(N(C)C)cc2)N(C)C)N(C)C)cc1. The van der Waals surface area contributed by atoms with Crippen molar-refractivity contribution in [3.63, 3.8) is 0 Å². The first-order valence-electron chi connectivity index (χ1n) is 17.3. The molecule has 0 N–H and O–H groups in total. The molecular formula is C42H60N6O. The van der Waals surface area contributed by atoms with Crippen LogP contribution >= 0.6 is 0 Å². The molecular weight excluding hydrogens is 605 g/mol. The molecule has 0 heterocycles. The Labute approximate surface area is 297 Å². The summed E-state index contributed by atoms with van der Waals surface area (Å²) in [7, 11) is 25.4. The Morgan fingerprint density at radius 2 is 0.551 bits per heavy atom. The molecule has 4 rings (SSSR count). The van der Waals surface area contributed by atoms with Crippen molar-refractivity contribution >= 4 is 22.7 Å². The van der Waals surface area contributed by atoms with Crippen molar-refractivity contribution in [3.05, 3.63) is 119 Å². The summed E-state index contributed by atoms with van der Waals surface area (Å²) in [5.74, 6) is 0.265. The van der Waals surface area contributed by atoms with Crippen LogP contribution in [0, 0.1) is 0 Å². The summed E-state index contributed by atoms with van der Waals surface area (Å²) in [5.41, 5.74) is 9.92. The van der Waals surface area contributed by atoms with E-state index in [1.54, 1.807) is 0 Å². The van der Waals surface area contributed by atoms with E-state index in [-0.39, 0.29) is 23.9 Å². The van der Waals surface area contributed by atoms with Crippen molar-refractivity contribution in [1.29, 1.82) is 0 Å². The third kappa shape index (κ3) is 9.56. The van der Waals surface area contributed by atoms with Gasteiger partial charge >= 0.3 is 0 Å². The molecule has 0 saturated carbocycles. The number of benzene rings is 4. The monoisotopic (exact) mass is 664 g/mol. The van der Waals surface area contributed by atoms with Gasteiger partial charge in [-0.25, -0.2) is 0 Å². The van der Waals surface area contributed by atoms with Crippen LogP contribution in [0.3, 0.4) is 0 Å². The predicted molar refractivity (Wildman–Crippen MR) is 213 cm³/mol. The van der Waals surface area contributed by atoms with E-state index < -0.39 is 0 Å². The van der Waals surface area contributed by atoms with E-state index in [2.05, 4.69) is 211 Å². The Balaban J connectivity index is 1.67. The molecule has 7 nitrogen and oxygen atoms in total. The van der Waals surface area contributed by atoms with Crippen molar-refractivity contribution in [1.82, 2.24) is 9.80 Å². The molecule has 4 aromatic carbocycles. The Kier molecular flexibility index (Phi) is 13.2. The summed E-state index contributed by atoms with van der Waals surface area (Å²) >= 11 is 0. The average molecular weight is 665 g/mol. The van der Waals surface area contributed by atoms with Gasteiger partial charge in [-0.2, -0.15) is 0 Å². The quantitative estimate of drug-likeness (QED) is 0.130. The number of ether oxygens (including phenoxy) is 1. The van der Waals surface area contributed by atoms with Crippen molar-refractivity contribution in [2.45, 2.75) is 23.9 Å². The van der Waals surface area contributed by atoms with Crippen LogP contribution in [0.25, 0.3) is 0 Å². The van der Waals surface area contributed by atoms with Crippen molar-refractivity contribution in [3.8, 4) is 0 Å². The number of nitrogens with zero attached hydrogens (tertiary/aromatic N) is 6. The fourth-order valence-electron chi connectivity index (χ4n) is 6.59. The second kappa shape index (κ2) is 17.1. The molecule has 7 heteroatoms. The normalized spacial score (nSPS) is 12.9. The molecule has 0 saturated heterocycles. The highest BCUT2D eigenvalue weighted by Crippen LogP contribution is 2.35. The lowest BCUT2D eigenvalue weighted by Gasteiger charge is -2.36. The van der Waals surface area contributed by atoms with Crippen molar-refractivity contribution < 1.29 is 4.74 Å². The van der Waals surface area contributed by atoms with Gasteiger partial charge in [0.25, 0.3) is 0 Å². The maximum Gasteiger partial charge on any atom is 0.0631 e. The van der Waals surface area contributed by atoms with Gasteiger partial charge in [0.1, 0.15) is 0 Å². The number of rotatable bonds is 16. The highest BCUT2D eigenvalue weighted by Gasteiger charge is 2.31. The van der Waals surface area contributed by atoms with Crippen molar-refractivity contribution in [2.75, 3.05) is 117 Å². The summed E-state index contributed by atoms with van der Waals surface area (Å²) in [6, 6.07) is 36.3. The summed E-state index contributed by atoms with van der Waals surface area (Å²) in [5, 5.41) is 0. The zero-order valence-electron chi connectivity index (χ0n) is 32.1. The van der Waals surface area contributed by atoms with Gasteiger partial charge in [-0.05, 0) is 99.0 Å². The second-order valence-corrected chi connectivity index (χ2v) is 14.5. The van der Waals surface area contributed by atoms with E-state index in [0.29, 0.717) is 13.2 Å². The van der Waals surface area contributed by atoms with Gasteiger partial charge in [0, 0.05) is 103 Å². The van der Waals surface area contributed by atoms with Gasteiger partial charge in [0.2, 0.25) is 0 Å². The highest BCUT2D eigenvalue weighted by atomic mass is 16.5. The van der Waals surface area contributed by atoms with E-state index in [1.165, 1.54) is 45.0 Å². The Hall–Kier alpha value is -4.04. The van der Waals surface area contributed by atoms with Crippen LogP contribution in [0.4, 0.5) is 22.7 Å². The molecule has 264 valence electrons. The average Bonchev–Trinajstić information content (AvgIpc) is 3.07. The van der Waals surface area contributed by atoms with E-state index in [0.717, 1.165) is 0 Å². The molecule has 4 aromatic rings. The molecule has 0 amide bonds. The third-order valence-corrected chi connectivity index (χ3v) is 9.75. The maximum absolute atomic E-state index is 6.86. The van der Waals surface area contributed by atoms with E-state index in [1.807, 2.05) is 0 Å². The van der Waals surface area contributed by atoms with Crippen molar-refractivity contribution in [2.24, 2.45) is 0 Å². The molecule has 0 spiro atoms. The van der Waals surface area contributed by atoms with Gasteiger partial charge in [-0.3, -0.25) is 0 Å².